The van der Waals surface area contributed by atoms with Crippen LogP contribution in [-0.2, 0) is 15.8 Å². The first-order valence-electron chi connectivity index (χ1n) is 5.45. The summed E-state index contributed by atoms with van der Waals surface area (Å²) in [7, 11) is -3.39. The van der Waals surface area contributed by atoms with Gasteiger partial charge >= 0.3 is 0 Å². The lowest BCUT2D eigenvalue weighted by atomic mass is 10.2. The third-order valence-electron chi connectivity index (χ3n) is 2.20. The number of nitrogens with one attached hydrogen (secondary N) is 1. The molecule has 0 aromatic heterocycles. The molecule has 0 fully saturated rings. The molecule has 1 rings (SSSR count). The Labute approximate surface area is 101 Å². The van der Waals surface area contributed by atoms with E-state index in [4.69, 9.17) is 5.73 Å². The molecule has 17 heavy (non-hydrogen) atoms. The number of hydrogen-bond donors (Lipinski definition) is 2. The Morgan fingerprint density at radius 3 is 2.71 bits per heavy atom. The summed E-state index contributed by atoms with van der Waals surface area (Å²) >= 11 is 0. The van der Waals surface area contributed by atoms with Crippen molar-refractivity contribution in [2.75, 3.05) is 13.1 Å². The first-order chi connectivity index (χ1) is 8.03. The summed E-state index contributed by atoms with van der Waals surface area (Å²) < 4.78 is 38.5. The van der Waals surface area contributed by atoms with Gasteiger partial charge in [0.05, 0.1) is 5.75 Å². The standard InChI is InChI=1S/C11H17FN2O2S/c12-11-5-3-4-10(8-11)9-17(15,16)14-7-2-1-6-13/h3-5,8,14H,1-2,6-7,9,13H2. The van der Waals surface area contributed by atoms with Gasteiger partial charge in [0.1, 0.15) is 5.82 Å². The second kappa shape index (κ2) is 6.68. The molecule has 0 aliphatic rings. The summed E-state index contributed by atoms with van der Waals surface area (Å²) in [5.41, 5.74) is 5.74. The van der Waals surface area contributed by atoms with Gasteiger partial charge in [0.15, 0.2) is 0 Å². The van der Waals surface area contributed by atoms with Crippen molar-refractivity contribution in [3.05, 3.63) is 35.6 Å². The Morgan fingerprint density at radius 2 is 2.06 bits per heavy atom. The van der Waals surface area contributed by atoms with Crippen molar-refractivity contribution in [2.24, 2.45) is 5.73 Å². The molecular formula is C11H17FN2O2S. The predicted molar refractivity (Wildman–Crippen MR) is 65.3 cm³/mol. The van der Waals surface area contributed by atoms with E-state index in [9.17, 15) is 12.8 Å². The fourth-order valence-corrected chi connectivity index (χ4v) is 2.57. The Kier molecular flexibility index (Phi) is 5.54. The normalized spacial score (nSPS) is 11.6. The summed E-state index contributed by atoms with van der Waals surface area (Å²) in [6.45, 7) is 0.917. The quantitative estimate of drug-likeness (QED) is 0.718. The lowest BCUT2D eigenvalue weighted by molar-refractivity contribution is 0.576. The average molecular weight is 260 g/mol. The van der Waals surface area contributed by atoms with Gasteiger partial charge in [-0.15, -0.1) is 0 Å². The van der Waals surface area contributed by atoms with Gasteiger partial charge in [-0.05, 0) is 37.1 Å². The van der Waals surface area contributed by atoms with Gasteiger partial charge in [0.25, 0.3) is 0 Å². The zero-order valence-corrected chi connectivity index (χ0v) is 10.3. The molecule has 96 valence electrons. The Hall–Kier alpha value is -0.980. The number of rotatable bonds is 7. The zero-order chi connectivity index (χ0) is 12.7. The third kappa shape index (κ3) is 5.76. The molecule has 0 unspecified atom stereocenters. The van der Waals surface area contributed by atoms with Crippen molar-refractivity contribution < 1.29 is 12.8 Å². The molecule has 0 saturated heterocycles. The van der Waals surface area contributed by atoms with Crippen LogP contribution in [0.3, 0.4) is 0 Å². The molecule has 1 aromatic carbocycles. The van der Waals surface area contributed by atoms with Crippen LogP contribution in [0.4, 0.5) is 4.39 Å². The summed E-state index contributed by atoms with van der Waals surface area (Å²) in [4.78, 5) is 0. The van der Waals surface area contributed by atoms with E-state index in [2.05, 4.69) is 4.72 Å². The molecule has 4 nitrogen and oxygen atoms in total. The Bertz CT molecular complexity index is 449. The van der Waals surface area contributed by atoms with E-state index in [0.717, 1.165) is 6.42 Å². The molecule has 1 aromatic rings. The lowest BCUT2D eigenvalue weighted by Crippen LogP contribution is -2.26. The highest BCUT2D eigenvalue weighted by molar-refractivity contribution is 7.88. The number of unbranched alkanes of at least 4 members (excludes halogenated alkanes) is 1. The summed E-state index contributed by atoms with van der Waals surface area (Å²) in [5, 5.41) is 0. The molecule has 0 aliphatic carbocycles. The number of benzene rings is 1. The van der Waals surface area contributed by atoms with E-state index in [1.807, 2.05) is 0 Å². The van der Waals surface area contributed by atoms with Gasteiger partial charge < -0.3 is 5.73 Å². The van der Waals surface area contributed by atoms with Crippen LogP contribution in [0.5, 0.6) is 0 Å². The first-order valence-corrected chi connectivity index (χ1v) is 7.10. The molecule has 0 saturated carbocycles. The van der Waals surface area contributed by atoms with Crippen LogP contribution in [-0.4, -0.2) is 21.5 Å². The summed E-state index contributed by atoms with van der Waals surface area (Å²) in [6, 6.07) is 5.58. The molecule has 0 radical (unpaired) electrons. The Balaban J connectivity index is 2.49. The van der Waals surface area contributed by atoms with Gasteiger partial charge in [-0.2, -0.15) is 0 Å². The fraction of sp³-hybridized carbons (Fsp3) is 0.455. The SMILES string of the molecule is NCCCCNS(=O)(=O)Cc1cccc(F)c1. The van der Waals surface area contributed by atoms with Crippen molar-refractivity contribution in [3.8, 4) is 0 Å². The molecule has 0 spiro atoms. The van der Waals surface area contributed by atoms with Gasteiger partial charge in [0, 0.05) is 6.54 Å². The molecule has 3 N–H and O–H groups in total. The van der Waals surface area contributed by atoms with Crippen LogP contribution in [0.2, 0.25) is 0 Å². The van der Waals surface area contributed by atoms with Crippen LogP contribution >= 0.6 is 0 Å². The van der Waals surface area contributed by atoms with E-state index < -0.39 is 15.8 Å². The smallest absolute Gasteiger partial charge is 0.215 e. The van der Waals surface area contributed by atoms with Gasteiger partial charge in [0.2, 0.25) is 10.0 Å². The molecule has 0 heterocycles. The maximum atomic E-state index is 12.9. The summed E-state index contributed by atoms with van der Waals surface area (Å²) in [6.07, 6.45) is 1.49. The molecule has 0 atom stereocenters. The topological polar surface area (TPSA) is 72.2 Å². The van der Waals surface area contributed by atoms with Crippen molar-refractivity contribution in [1.29, 1.82) is 0 Å². The molecule has 0 bridgehead atoms. The minimum Gasteiger partial charge on any atom is -0.330 e. The maximum absolute atomic E-state index is 12.9. The van der Waals surface area contributed by atoms with Crippen LogP contribution in [0.1, 0.15) is 18.4 Å². The Morgan fingerprint density at radius 1 is 1.29 bits per heavy atom. The van der Waals surface area contributed by atoms with E-state index in [1.165, 1.54) is 18.2 Å². The zero-order valence-electron chi connectivity index (χ0n) is 9.52. The van der Waals surface area contributed by atoms with Crippen LogP contribution in [0, 0.1) is 5.82 Å². The maximum Gasteiger partial charge on any atom is 0.215 e. The minimum atomic E-state index is -3.39. The molecule has 6 heteroatoms. The number of hydrogen-bond acceptors (Lipinski definition) is 3. The predicted octanol–water partition coefficient (Wildman–Crippen LogP) is 0.984. The highest BCUT2D eigenvalue weighted by atomic mass is 32.2. The average Bonchev–Trinajstić information content (AvgIpc) is 2.24. The molecular weight excluding hydrogens is 243 g/mol. The van der Waals surface area contributed by atoms with Gasteiger partial charge in [-0.25, -0.2) is 17.5 Å². The molecule has 0 amide bonds. The fourth-order valence-electron chi connectivity index (χ4n) is 1.39. The highest BCUT2D eigenvalue weighted by Crippen LogP contribution is 2.07. The van der Waals surface area contributed by atoms with E-state index in [0.29, 0.717) is 25.1 Å². The molecule has 0 aliphatic heterocycles. The van der Waals surface area contributed by atoms with Crippen LogP contribution in [0.15, 0.2) is 24.3 Å². The van der Waals surface area contributed by atoms with Crippen LogP contribution in [0.25, 0.3) is 0 Å². The second-order valence-electron chi connectivity index (χ2n) is 3.78. The van der Waals surface area contributed by atoms with Gasteiger partial charge in [-0.3, -0.25) is 0 Å². The van der Waals surface area contributed by atoms with Crippen molar-refractivity contribution in [2.45, 2.75) is 18.6 Å². The monoisotopic (exact) mass is 260 g/mol. The third-order valence-corrected chi connectivity index (χ3v) is 3.56. The first kappa shape index (κ1) is 14.1. The van der Waals surface area contributed by atoms with Crippen molar-refractivity contribution in [1.82, 2.24) is 4.72 Å². The highest BCUT2D eigenvalue weighted by Gasteiger charge is 2.10. The number of nitrogens with two attached hydrogens (primary N) is 1. The van der Waals surface area contributed by atoms with Crippen molar-refractivity contribution >= 4 is 10.0 Å². The van der Waals surface area contributed by atoms with E-state index in [-0.39, 0.29) is 5.75 Å². The van der Waals surface area contributed by atoms with E-state index >= 15 is 0 Å². The van der Waals surface area contributed by atoms with Crippen LogP contribution < -0.4 is 10.5 Å². The summed E-state index contributed by atoms with van der Waals surface area (Å²) in [5.74, 6) is -0.631. The second-order valence-corrected chi connectivity index (χ2v) is 5.59. The lowest BCUT2D eigenvalue weighted by Gasteiger charge is -2.06. The number of sulfonamides is 1. The van der Waals surface area contributed by atoms with Crippen molar-refractivity contribution in [3.63, 3.8) is 0 Å². The minimum absolute atomic E-state index is 0.201. The largest absolute Gasteiger partial charge is 0.330 e. The van der Waals surface area contributed by atoms with Gasteiger partial charge in [-0.1, -0.05) is 12.1 Å². The number of halogens is 1. The van der Waals surface area contributed by atoms with E-state index in [1.54, 1.807) is 6.07 Å².